The van der Waals surface area contributed by atoms with Crippen LogP contribution in [-0.4, -0.2) is 29.0 Å². The molecule has 0 bridgehead atoms. The van der Waals surface area contributed by atoms with E-state index in [4.69, 9.17) is 9.79 Å². The fraction of sp³-hybridized carbons (Fsp3) is 0.750. The van der Waals surface area contributed by atoms with Crippen LogP contribution in [-0.2, 0) is 23.0 Å². The standard InChI is InChI=1S/C4H8O7P2/c1-12(6)10-3-2-4(5)11-13(7,8)9/h2-3H2,1H3,(H-,7,8,9)/p+1. The smallest absolute Gasteiger partial charge is 0.371 e. The van der Waals surface area contributed by atoms with Crippen LogP contribution in [0, 0.1) is 0 Å². The highest BCUT2D eigenvalue weighted by Gasteiger charge is 2.20. The van der Waals surface area contributed by atoms with Crippen LogP contribution >= 0.6 is 15.9 Å². The van der Waals surface area contributed by atoms with Gasteiger partial charge in [-0.25, -0.2) is 4.57 Å². The topological polar surface area (TPSA) is 110 Å². The SMILES string of the molecule is C[P+](=O)OCCC(=O)OP(=O)(O)O. The van der Waals surface area contributed by atoms with E-state index in [2.05, 4.69) is 9.05 Å². The van der Waals surface area contributed by atoms with Crippen LogP contribution < -0.4 is 0 Å². The van der Waals surface area contributed by atoms with E-state index < -0.39 is 21.8 Å². The first kappa shape index (κ1) is 12.7. The van der Waals surface area contributed by atoms with Crippen molar-refractivity contribution in [2.24, 2.45) is 0 Å². The Kier molecular flexibility index (Phi) is 5.29. The maximum atomic E-state index is 10.6. The van der Waals surface area contributed by atoms with Crippen molar-refractivity contribution in [3.63, 3.8) is 0 Å². The van der Waals surface area contributed by atoms with Gasteiger partial charge in [0.15, 0.2) is 6.66 Å². The molecule has 0 spiro atoms. The van der Waals surface area contributed by atoms with Crippen LogP contribution in [0.15, 0.2) is 0 Å². The number of phosphoric acid groups is 1. The Morgan fingerprint density at radius 2 is 2.08 bits per heavy atom. The molecular weight excluding hydrogens is 222 g/mol. The molecule has 0 aliphatic heterocycles. The summed E-state index contributed by atoms with van der Waals surface area (Å²) in [6.07, 6.45) is -0.347. The van der Waals surface area contributed by atoms with Gasteiger partial charge < -0.3 is 4.52 Å². The Labute approximate surface area is 75.2 Å². The van der Waals surface area contributed by atoms with Crippen molar-refractivity contribution in [2.45, 2.75) is 6.42 Å². The third-order valence-electron chi connectivity index (χ3n) is 0.800. The Morgan fingerprint density at radius 3 is 2.46 bits per heavy atom. The number of rotatable bonds is 5. The number of phosphoric ester groups is 1. The summed E-state index contributed by atoms with van der Waals surface area (Å²) >= 11 is 0. The highest BCUT2D eigenvalue weighted by molar-refractivity contribution is 7.46. The monoisotopic (exact) mass is 231 g/mol. The normalized spacial score (nSPS) is 12.4. The van der Waals surface area contributed by atoms with Crippen LogP contribution in [0.5, 0.6) is 0 Å². The molecule has 0 saturated heterocycles. The molecule has 76 valence electrons. The third kappa shape index (κ3) is 9.60. The highest BCUT2D eigenvalue weighted by Crippen LogP contribution is 2.36. The van der Waals surface area contributed by atoms with E-state index in [1.165, 1.54) is 6.66 Å². The fourth-order valence-electron chi connectivity index (χ4n) is 0.436. The van der Waals surface area contributed by atoms with Gasteiger partial charge in [-0.2, -0.15) is 0 Å². The molecular formula is C4H9O7P2+. The number of hydrogen-bond donors (Lipinski definition) is 2. The third-order valence-corrected chi connectivity index (χ3v) is 1.79. The van der Waals surface area contributed by atoms with Crippen LogP contribution in [0.25, 0.3) is 0 Å². The average Bonchev–Trinajstić information content (AvgIpc) is 1.81. The van der Waals surface area contributed by atoms with Crippen LogP contribution in [0.3, 0.4) is 0 Å². The average molecular weight is 231 g/mol. The van der Waals surface area contributed by atoms with Gasteiger partial charge >= 0.3 is 21.8 Å². The lowest BCUT2D eigenvalue weighted by atomic mass is 10.5. The summed E-state index contributed by atoms with van der Waals surface area (Å²) in [4.78, 5) is 26.9. The van der Waals surface area contributed by atoms with E-state index in [1.807, 2.05) is 0 Å². The van der Waals surface area contributed by atoms with E-state index in [0.717, 1.165) is 0 Å². The Hall–Kier alpha value is -0.320. The lowest BCUT2D eigenvalue weighted by Gasteiger charge is -2.02. The molecule has 9 heteroatoms. The van der Waals surface area contributed by atoms with E-state index in [-0.39, 0.29) is 13.0 Å². The molecule has 0 fully saturated rings. The van der Waals surface area contributed by atoms with Crippen molar-refractivity contribution in [2.75, 3.05) is 13.3 Å². The highest BCUT2D eigenvalue weighted by atomic mass is 31.2. The predicted molar refractivity (Wildman–Crippen MR) is 42.2 cm³/mol. The predicted octanol–water partition coefficient (Wildman–Crippen LogP) is 0.401. The lowest BCUT2D eigenvalue weighted by Crippen LogP contribution is -2.05. The summed E-state index contributed by atoms with van der Waals surface area (Å²) in [5, 5.41) is 0. The van der Waals surface area contributed by atoms with Crippen molar-refractivity contribution < 1.29 is 32.8 Å². The van der Waals surface area contributed by atoms with E-state index in [0.29, 0.717) is 0 Å². The molecule has 0 aromatic carbocycles. The van der Waals surface area contributed by atoms with E-state index >= 15 is 0 Å². The molecule has 0 rings (SSSR count). The van der Waals surface area contributed by atoms with Gasteiger partial charge in [0.25, 0.3) is 0 Å². The minimum absolute atomic E-state index is 0.190. The van der Waals surface area contributed by atoms with Crippen LogP contribution in [0.4, 0.5) is 0 Å². The van der Waals surface area contributed by atoms with Gasteiger partial charge in [0.05, 0.1) is 6.42 Å². The number of carbonyl (C=O) groups excluding carboxylic acids is 1. The van der Waals surface area contributed by atoms with Gasteiger partial charge in [0.2, 0.25) is 0 Å². The van der Waals surface area contributed by atoms with Gasteiger partial charge in [-0.3, -0.25) is 14.6 Å². The first-order valence-corrected chi connectivity index (χ1v) is 6.28. The molecule has 1 atom stereocenters. The molecule has 0 aromatic heterocycles. The molecule has 13 heavy (non-hydrogen) atoms. The van der Waals surface area contributed by atoms with Gasteiger partial charge in [0, 0.05) is 0 Å². The molecule has 0 aliphatic carbocycles. The second-order valence-corrected chi connectivity index (χ2v) is 4.28. The first-order chi connectivity index (χ1) is 5.81. The van der Waals surface area contributed by atoms with Gasteiger partial charge in [0.1, 0.15) is 6.61 Å². The minimum atomic E-state index is -4.76. The van der Waals surface area contributed by atoms with Crippen molar-refractivity contribution >= 4 is 21.8 Å². The van der Waals surface area contributed by atoms with Crippen LogP contribution in [0.2, 0.25) is 0 Å². The maximum absolute atomic E-state index is 10.6. The van der Waals surface area contributed by atoms with Crippen molar-refractivity contribution in [1.82, 2.24) is 0 Å². The van der Waals surface area contributed by atoms with Gasteiger partial charge in [-0.15, -0.1) is 4.52 Å². The summed E-state index contributed by atoms with van der Waals surface area (Å²) in [5.74, 6) is -1.09. The quantitative estimate of drug-likeness (QED) is 0.658. The number of hydrogen-bond acceptors (Lipinski definition) is 5. The lowest BCUT2D eigenvalue weighted by molar-refractivity contribution is -0.136. The molecule has 0 amide bonds. The van der Waals surface area contributed by atoms with Crippen molar-refractivity contribution in [1.29, 1.82) is 0 Å². The largest absolute Gasteiger partial charge is 0.526 e. The van der Waals surface area contributed by atoms with Crippen LogP contribution in [0.1, 0.15) is 6.42 Å². The zero-order valence-corrected chi connectivity index (χ0v) is 8.53. The van der Waals surface area contributed by atoms with E-state index in [9.17, 15) is 13.9 Å². The fourth-order valence-corrected chi connectivity index (χ4v) is 1.14. The Bertz CT molecular complexity index is 243. The Balaban J connectivity index is 3.65. The van der Waals surface area contributed by atoms with Crippen molar-refractivity contribution in [3.8, 4) is 0 Å². The molecule has 7 nitrogen and oxygen atoms in total. The maximum Gasteiger partial charge on any atom is 0.526 e. The second kappa shape index (κ2) is 5.42. The molecule has 1 unspecified atom stereocenters. The summed E-state index contributed by atoms with van der Waals surface area (Å²) in [6.45, 7) is 1.11. The summed E-state index contributed by atoms with van der Waals surface area (Å²) in [7, 11) is -6.58. The molecule has 0 radical (unpaired) electrons. The second-order valence-electron chi connectivity index (χ2n) is 1.98. The van der Waals surface area contributed by atoms with Gasteiger partial charge in [-0.1, -0.05) is 0 Å². The molecule has 0 saturated carbocycles. The first-order valence-electron chi connectivity index (χ1n) is 3.13. The van der Waals surface area contributed by atoms with Gasteiger partial charge in [-0.05, 0) is 4.57 Å². The summed E-state index contributed by atoms with van der Waals surface area (Å²) in [5.41, 5.74) is 0. The van der Waals surface area contributed by atoms with E-state index in [1.54, 1.807) is 0 Å². The Morgan fingerprint density at radius 1 is 1.54 bits per heavy atom. The molecule has 0 heterocycles. The molecule has 2 N–H and O–H groups in total. The minimum Gasteiger partial charge on any atom is -0.371 e. The number of carbonyl (C=O) groups is 1. The zero-order valence-electron chi connectivity index (χ0n) is 6.74. The van der Waals surface area contributed by atoms with Crippen molar-refractivity contribution in [3.05, 3.63) is 0 Å². The zero-order chi connectivity index (χ0) is 10.5. The molecule has 0 aromatic rings. The summed E-state index contributed by atoms with van der Waals surface area (Å²) < 4.78 is 28.6. The molecule has 0 aliphatic rings. The summed E-state index contributed by atoms with van der Waals surface area (Å²) in [6, 6.07) is 0.